The minimum Gasteiger partial charge on any atom is -0.450 e. The van der Waals surface area contributed by atoms with Gasteiger partial charge in [0.15, 0.2) is 9.84 Å². The van der Waals surface area contributed by atoms with E-state index >= 15 is 0 Å². The highest BCUT2D eigenvalue weighted by Gasteiger charge is 2.41. The predicted octanol–water partition coefficient (Wildman–Crippen LogP) is 0.530. The number of amides is 1. The second-order valence-corrected chi connectivity index (χ2v) is 9.53. The van der Waals surface area contributed by atoms with Crippen molar-refractivity contribution in [3.8, 4) is 0 Å². The largest absolute Gasteiger partial charge is 0.450 e. The number of halogens is 1. The van der Waals surface area contributed by atoms with Gasteiger partial charge in [-0.15, -0.1) is 0 Å². The molecule has 0 aliphatic carbocycles. The maximum absolute atomic E-state index is 12.4. The van der Waals surface area contributed by atoms with Gasteiger partial charge >= 0.3 is 6.09 Å². The molecule has 1 aromatic carbocycles. The summed E-state index contributed by atoms with van der Waals surface area (Å²) in [4.78, 5) is 11.5. The molecule has 1 aliphatic rings. The standard InChI is InChI=1S/C13H17ClN2O6S2/c1-2-22-13(17)15-11-7-23(18,19)8-12(11)16-24(20,21)10-5-3-9(14)4-6-10/h3-6,11-12,16H,2,7-8H2,1H3,(H,15,17)/t11-,12-/m1/s1. The summed E-state index contributed by atoms with van der Waals surface area (Å²) in [5.74, 6) is -0.767. The topological polar surface area (TPSA) is 119 Å². The number of hydrogen-bond donors (Lipinski definition) is 2. The average molecular weight is 397 g/mol. The van der Waals surface area contributed by atoms with E-state index in [1.54, 1.807) is 6.92 Å². The lowest BCUT2D eigenvalue weighted by atomic mass is 10.2. The molecule has 1 aromatic rings. The maximum atomic E-state index is 12.4. The fraction of sp³-hybridized carbons (Fsp3) is 0.462. The Balaban J connectivity index is 2.18. The van der Waals surface area contributed by atoms with Gasteiger partial charge in [0.05, 0.1) is 35.1 Å². The number of alkyl carbamates (subject to hydrolysis) is 1. The number of sulfonamides is 1. The van der Waals surface area contributed by atoms with Gasteiger partial charge in [-0.05, 0) is 31.2 Å². The molecule has 0 spiro atoms. The Hall–Kier alpha value is -1.36. The first kappa shape index (κ1) is 19.0. The van der Waals surface area contributed by atoms with E-state index in [0.717, 1.165) is 0 Å². The molecule has 0 radical (unpaired) electrons. The first-order chi connectivity index (χ1) is 11.1. The van der Waals surface area contributed by atoms with Gasteiger partial charge in [0.2, 0.25) is 10.0 Å². The highest BCUT2D eigenvalue weighted by atomic mass is 35.5. The first-order valence-corrected chi connectivity index (χ1v) is 10.7. The Labute approximate surface area is 145 Å². The summed E-state index contributed by atoms with van der Waals surface area (Å²) in [6.07, 6.45) is -0.796. The molecular formula is C13H17ClN2O6S2. The number of hydrogen-bond acceptors (Lipinski definition) is 6. The van der Waals surface area contributed by atoms with Gasteiger partial charge in [-0.25, -0.2) is 26.4 Å². The molecule has 1 aliphatic heterocycles. The lowest BCUT2D eigenvalue weighted by Gasteiger charge is -2.20. The summed E-state index contributed by atoms with van der Waals surface area (Å²) in [6, 6.07) is 3.55. The van der Waals surface area contributed by atoms with Crippen LogP contribution < -0.4 is 10.0 Å². The van der Waals surface area contributed by atoms with Crippen molar-refractivity contribution in [3.05, 3.63) is 29.3 Å². The molecule has 1 fully saturated rings. The third-order valence-electron chi connectivity index (χ3n) is 3.36. The summed E-state index contributed by atoms with van der Waals surface area (Å²) >= 11 is 5.72. The molecular weight excluding hydrogens is 380 g/mol. The molecule has 1 heterocycles. The average Bonchev–Trinajstić information content (AvgIpc) is 2.72. The molecule has 134 valence electrons. The molecule has 0 aromatic heterocycles. The molecule has 2 rings (SSSR count). The molecule has 1 saturated heterocycles. The van der Waals surface area contributed by atoms with Crippen molar-refractivity contribution in [1.82, 2.24) is 10.0 Å². The lowest BCUT2D eigenvalue weighted by Crippen LogP contribution is -2.50. The fourth-order valence-corrected chi connectivity index (χ4v) is 5.68. The van der Waals surface area contributed by atoms with Crippen LogP contribution in [0.5, 0.6) is 0 Å². The Morgan fingerprint density at radius 1 is 1.25 bits per heavy atom. The fourth-order valence-electron chi connectivity index (χ4n) is 2.31. The Bertz CT molecular complexity index is 807. The van der Waals surface area contributed by atoms with Crippen molar-refractivity contribution in [3.63, 3.8) is 0 Å². The monoisotopic (exact) mass is 396 g/mol. The van der Waals surface area contributed by atoms with E-state index < -0.39 is 43.8 Å². The molecule has 1 amide bonds. The maximum Gasteiger partial charge on any atom is 0.407 e. The van der Waals surface area contributed by atoms with Crippen molar-refractivity contribution < 1.29 is 26.4 Å². The summed E-state index contributed by atoms with van der Waals surface area (Å²) in [6.45, 7) is 1.72. The van der Waals surface area contributed by atoms with Gasteiger partial charge in [-0.1, -0.05) is 11.6 Å². The first-order valence-electron chi connectivity index (χ1n) is 7.04. The molecule has 2 N–H and O–H groups in total. The van der Waals surface area contributed by atoms with Crippen LogP contribution in [0.15, 0.2) is 29.2 Å². The van der Waals surface area contributed by atoms with E-state index in [1.807, 2.05) is 0 Å². The van der Waals surface area contributed by atoms with Crippen LogP contribution in [-0.2, 0) is 24.6 Å². The van der Waals surface area contributed by atoms with Crippen molar-refractivity contribution in [1.29, 1.82) is 0 Å². The third kappa shape index (κ3) is 4.82. The smallest absolute Gasteiger partial charge is 0.407 e. The van der Waals surface area contributed by atoms with Crippen LogP contribution in [0.2, 0.25) is 5.02 Å². The van der Waals surface area contributed by atoms with Crippen LogP contribution in [0.25, 0.3) is 0 Å². The SMILES string of the molecule is CCOC(=O)N[C@@H]1CS(=O)(=O)C[C@H]1NS(=O)(=O)c1ccc(Cl)cc1. The van der Waals surface area contributed by atoms with E-state index in [0.29, 0.717) is 5.02 Å². The number of carbonyl (C=O) groups excluding carboxylic acids is 1. The quantitative estimate of drug-likeness (QED) is 0.749. The Kier molecular flexibility index (Phi) is 5.74. The number of ether oxygens (including phenoxy) is 1. The molecule has 0 bridgehead atoms. The van der Waals surface area contributed by atoms with E-state index in [1.165, 1.54) is 24.3 Å². The summed E-state index contributed by atoms with van der Waals surface area (Å²) in [7, 11) is -7.44. The highest BCUT2D eigenvalue weighted by molar-refractivity contribution is 7.92. The van der Waals surface area contributed by atoms with Gasteiger partial charge in [-0.3, -0.25) is 0 Å². The van der Waals surface area contributed by atoms with Crippen LogP contribution in [0.1, 0.15) is 6.92 Å². The Morgan fingerprint density at radius 3 is 2.42 bits per heavy atom. The van der Waals surface area contributed by atoms with Crippen molar-refractivity contribution in [2.75, 3.05) is 18.1 Å². The minimum atomic E-state index is -3.96. The normalized spacial score (nSPS) is 22.9. The highest BCUT2D eigenvalue weighted by Crippen LogP contribution is 2.18. The van der Waals surface area contributed by atoms with Crippen LogP contribution in [-0.4, -0.2) is 53.1 Å². The van der Waals surface area contributed by atoms with E-state index in [-0.39, 0.29) is 17.3 Å². The molecule has 0 saturated carbocycles. The van der Waals surface area contributed by atoms with Crippen LogP contribution in [0.4, 0.5) is 4.79 Å². The second kappa shape index (κ2) is 7.26. The van der Waals surface area contributed by atoms with Gasteiger partial charge in [0.25, 0.3) is 0 Å². The van der Waals surface area contributed by atoms with E-state index in [4.69, 9.17) is 16.3 Å². The van der Waals surface area contributed by atoms with Gasteiger partial charge in [0, 0.05) is 5.02 Å². The van der Waals surface area contributed by atoms with Gasteiger partial charge < -0.3 is 10.1 Å². The third-order valence-corrected chi connectivity index (χ3v) is 6.85. The number of benzene rings is 1. The van der Waals surface area contributed by atoms with E-state index in [2.05, 4.69) is 10.0 Å². The number of nitrogens with one attached hydrogen (secondary N) is 2. The van der Waals surface area contributed by atoms with Crippen molar-refractivity contribution in [2.45, 2.75) is 23.9 Å². The molecule has 8 nitrogen and oxygen atoms in total. The van der Waals surface area contributed by atoms with Crippen LogP contribution in [0.3, 0.4) is 0 Å². The van der Waals surface area contributed by atoms with Crippen molar-refractivity contribution >= 4 is 37.6 Å². The summed E-state index contributed by atoms with van der Waals surface area (Å²) in [5.41, 5.74) is 0. The van der Waals surface area contributed by atoms with E-state index in [9.17, 15) is 21.6 Å². The van der Waals surface area contributed by atoms with Gasteiger partial charge in [0.1, 0.15) is 0 Å². The number of carbonyl (C=O) groups is 1. The Morgan fingerprint density at radius 2 is 1.83 bits per heavy atom. The van der Waals surface area contributed by atoms with Crippen molar-refractivity contribution in [2.24, 2.45) is 0 Å². The summed E-state index contributed by atoms with van der Waals surface area (Å²) in [5, 5.41) is 2.75. The minimum absolute atomic E-state index is 0.0499. The van der Waals surface area contributed by atoms with Crippen LogP contribution in [0, 0.1) is 0 Å². The predicted molar refractivity (Wildman–Crippen MR) is 88.2 cm³/mol. The second-order valence-electron chi connectivity index (χ2n) is 5.23. The number of sulfone groups is 1. The zero-order valence-corrected chi connectivity index (χ0v) is 15.1. The molecule has 0 unspecified atom stereocenters. The lowest BCUT2D eigenvalue weighted by molar-refractivity contribution is 0.148. The van der Waals surface area contributed by atoms with Gasteiger partial charge in [-0.2, -0.15) is 0 Å². The molecule has 2 atom stereocenters. The summed E-state index contributed by atoms with van der Waals surface area (Å²) < 4.78 is 55.4. The number of rotatable bonds is 5. The van der Waals surface area contributed by atoms with Crippen LogP contribution >= 0.6 is 11.6 Å². The molecule has 11 heteroatoms. The zero-order chi connectivity index (χ0) is 18.0. The zero-order valence-electron chi connectivity index (χ0n) is 12.7. The molecule has 24 heavy (non-hydrogen) atoms.